The summed E-state index contributed by atoms with van der Waals surface area (Å²) in [6.07, 6.45) is 1.76. The first-order valence-corrected chi connectivity index (χ1v) is 6.44. The fourth-order valence-electron chi connectivity index (χ4n) is 3.05. The molecule has 4 rings (SSSR count). The summed E-state index contributed by atoms with van der Waals surface area (Å²) in [7, 11) is 0. The Morgan fingerprint density at radius 3 is 1.35 bits per heavy atom. The van der Waals surface area contributed by atoms with Gasteiger partial charge in [0.1, 0.15) is 0 Å². The van der Waals surface area contributed by atoms with Crippen LogP contribution in [0.25, 0.3) is 32.3 Å². The molecule has 0 aliphatic rings. The maximum absolute atomic E-state index is 11.2. The van der Waals surface area contributed by atoms with Crippen LogP contribution >= 0.6 is 0 Å². The fraction of sp³-hybridized carbons (Fsp3) is 0. The number of carbonyl (C=O) groups is 2. The van der Waals surface area contributed by atoms with E-state index in [1.807, 2.05) is 48.5 Å². The third-order valence-corrected chi connectivity index (χ3v) is 3.99. The average molecular weight is 258 g/mol. The van der Waals surface area contributed by atoms with E-state index in [9.17, 15) is 9.59 Å². The Bertz CT molecular complexity index is 901. The molecule has 0 saturated carbocycles. The summed E-state index contributed by atoms with van der Waals surface area (Å²) in [6.45, 7) is 0. The molecule has 0 N–H and O–H groups in total. The highest BCUT2D eigenvalue weighted by Gasteiger charge is 2.12. The first-order chi connectivity index (χ1) is 9.83. The lowest BCUT2D eigenvalue weighted by atomic mass is 9.90. The van der Waals surface area contributed by atoms with Gasteiger partial charge in [-0.25, -0.2) is 0 Å². The second kappa shape index (κ2) is 3.87. The molecule has 0 aliphatic carbocycles. The molecule has 2 nitrogen and oxygen atoms in total. The van der Waals surface area contributed by atoms with Gasteiger partial charge in [-0.1, -0.05) is 48.5 Å². The van der Waals surface area contributed by atoms with Gasteiger partial charge in [0.25, 0.3) is 0 Å². The van der Waals surface area contributed by atoms with Gasteiger partial charge in [-0.2, -0.15) is 0 Å². The van der Waals surface area contributed by atoms with E-state index in [0.29, 0.717) is 11.1 Å². The van der Waals surface area contributed by atoms with Crippen LogP contribution in [0.15, 0.2) is 48.5 Å². The zero-order valence-corrected chi connectivity index (χ0v) is 10.6. The standard InChI is InChI=1S/C18H10O2/c19-9-13-3-1-11-5-7-16-14(10-20)4-2-12-6-8-15(13)17(11)18(12)16/h1-10H. The Kier molecular flexibility index (Phi) is 2.15. The summed E-state index contributed by atoms with van der Waals surface area (Å²) >= 11 is 0. The number of hydrogen-bond donors (Lipinski definition) is 0. The maximum atomic E-state index is 11.2. The Labute approximate surface area is 115 Å². The molecule has 0 radical (unpaired) electrons. The first-order valence-electron chi connectivity index (χ1n) is 6.44. The topological polar surface area (TPSA) is 34.1 Å². The number of aldehydes is 2. The van der Waals surface area contributed by atoms with Crippen molar-refractivity contribution in [3.63, 3.8) is 0 Å². The van der Waals surface area contributed by atoms with Crippen molar-refractivity contribution < 1.29 is 9.59 Å². The van der Waals surface area contributed by atoms with E-state index in [1.54, 1.807) is 0 Å². The van der Waals surface area contributed by atoms with E-state index in [0.717, 1.165) is 44.9 Å². The van der Waals surface area contributed by atoms with Crippen molar-refractivity contribution in [3.05, 3.63) is 59.7 Å². The molecule has 4 aromatic rings. The molecule has 0 unspecified atom stereocenters. The maximum Gasteiger partial charge on any atom is 0.150 e. The first kappa shape index (κ1) is 11.1. The minimum Gasteiger partial charge on any atom is -0.298 e. The molecule has 0 bridgehead atoms. The van der Waals surface area contributed by atoms with Crippen LogP contribution in [-0.4, -0.2) is 12.6 Å². The predicted octanol–water partition coefficient (Wildman–Crippen LogP) is 4.21. The van der Waals surface area contributed by atoms with Crippen molar-refractivity contribution in [1.29, 1.82) is 0 Å². The van der Waals surface area contributed by atoms with E-state index < -0.39 is 0 Å². The van der Waals surface area contributed by atoms with Crippen LogP contribution < -0.4 is 0 Å². The quantitative estimate of drug-likeness (QED) is 0.398. The molecule has 0 saturated heterocycles. The number of hydrogen-bond acceptors (Lipinski definition) is 2. The van der Waals surface area contributed by atoms with Gasteiger partial charge in [-0.3, -0.25) is 9.59 Å². The highest BCUT2D eigenvalue weighted by Crippen LogP contribution is 2.36. The third-order valence-electron chi connectivity index (χ3n) is 3.99. The monoisotopic (exact) mass is 258 g/mol. The summed E-state index contributed by atoms with van der Waals surface area (Å²) in [5, 5.41) is 6.19. The molecule has 0 fully saturated rings. The third kappa shape index (κ3) is 1.28. The molecule has 0 heterocycles. The van der Waals surface area contributed by atoms with Crippen molar-refractivity contribution in [2.24, 2.45) is 0 Å². The number of benzene rings is 4. The smallest absolute Gasteiger partial charge is 0.150 e. The summed E-state index contributed by atoms with van der Waals surface area (Å²) in [4.78, 5) is 22.4. The van der Waals surface area contributed by atoms with Gasteiger partial charge in [-0.05, 0) is 32.3 Å². The lowest BCUT2D eigenvalue weighted by Gasteiger charge is -2.12. The van der Waals surface area contributed by atoms with Crippen molar-refractivity contribution in [1.82, 2.24) is 0 Å². The molecule has 0 amide bonds. The Morgan fingerprint density at radius 2 is 0.950 bits per heavy atom. The van der Waals surface area contributed by atoms with Crippen LogP contribution in [0, 0.1) is 0 Å². The Balaban J connectivity index is 2.40. The normalized spacial score (nSPS) is 11.4. The van der Waals surface area contributed by atoms with E-state index in [4.69, 9.17) is 0 Å². The highest BCUT2D eigenvalue weighted by atomic mass is 16.1. The molecular weight excluding hydrogens is 248 g/mol. The SMILES string of the molecule is O=Cc1ccc2ccc3c(C=O)ccc4ccc1c2c43. The van der Waals surface area contributed by atoms with Gasteiger partial charge >= 0.3 is 0 Å². The molecule has 0 spiro atoms. The van der Waals surface area contributed by atoms with Crippen molar-refractivity contribution in [2.45, 2.75) is 0 Å². The Hall–Kier alpha value is -2.74. The predicted molar refractivity (Wildman–Crippen MR) is 80.9 cm³/mol. The van der Waals surface area contributed by atoms with Crippen LogP contribution in [-0.2, 0) is 0 Å². The van der Waals surface area contributed by atoms with Crippen molar-refractivity contribution >= 4 is 44.9 Å². The highest BCUT2D eigenvalue weighted by molar-refractivity contribution is 6.26. The average Bonchev–Trinajstić information content (AvgIpc) is 2.52. The summed E-state index contributed by atoms with van der Waals surface area (Å²) in [5.41, 5.74) is 1.37. The number of carbonyl (C=O) groups excluding carboxylic acids is 2. The molecule has 20 heavy (non-hydrogen) atoms. The van der Waals surface area contributed by atoms with Gasteiger partial charge in [0.05, 0.1) is 0 Å². The van der Waals surface area contributed by atoms with Gasteiger partial charge in [0.15, 0.2) is 12.6 Å². The molecule has 0 aromatic heterocycles. The summed E-state index contributed by atoms with van der Waals surface area (Å²) in [6, 6.07) is 15.6. The summed E-state index contributed by atoms with van der Waals surface area (Å²) < 4.78 is 0. The fourth-order valence-corrected chi connectivity index (χ4v) is 3.05. The van der Waals surface area contributed by atoms with Crippen LogP contribution in [0.3, 0.4) is 0 Å². The van der Waals surface area contributed by atoms with Gasteiger partial charge in [0, 0.05) is 11.1 Å². The molecule has 4 aromatic carbocycles. The summed E-state index contributed by atoms with van der Waals surface area (Å²) in [5.74, 6) is 0. The molecule has 0 atom stereocenters. The number of rotatable bonds is 2. The van der Waals surface area contributed by atoms with Crippen LogP contribution in [0.1, 0.15) is 20.7 Å². The van der Waals surface area contributed by atoms with Crippen molar-refractivity contribution in [2.75, 3.05) is 0 Å². The molecule has 94 valence electrons. The second-order valence-corrected chi connectivity index (χ2v) is 4.97. The van der Waals surface area contributed by atoms with Gasteiger partial charge < -0.3 is 0 Å². The Morgan fingerprint density at radius 1 is 0.550 bits per heavy atom. The largest absolute Gasteiger partial charge is 0.298 e. The van der Waals surface area contributed by atoms with Crippen LogP contribution in [0.4, 0.5) is 0 Å². The zero-order chi connectivity index (χ0) is 13.7. The zero-order valence-electron chi connectivity index (χ0n) is 10.6. The second-order valence-electron chi connectivity index (χ2n) is 4.97. The van der Waals surface area contributed by atoms with Crippen LogP contribution in [0.5, 0.6) is 0 Å². The van der Waals surface area contributed by atoms with Crippen LogP contribution in [0.2, 0.25) is 0 Å². The van der Waals surface area contributed by atoms with E-state index >= 15 is 0 Å². The molecule has 2 heteroatoms. The van der Waals surface area contributed by atoms with E-state index in [-0.39, 0.29) is 0 Å². The molecule has 0 aliphatic heterocycles. The minimum absolute atomic E-state index is 0.684. The molecular formula is C18H10O2. The lowest BCUT2D eigenvalue weighted by Crippen LogP contribution is -1.91. The lowest BCUT2D eigenvalue weighted by molar-refractivity contribution is 0.111. The minimum atomic E-state index is 0.684. The van der Waals surface area contributed by atoms with Gasteiger partial charge in [-0.15, -0.1) is 0 Å². The van der Waals surface area contributed by atoms with Crippen molar-refractivity contribution in [3.8, 4) is 0 Å². The van der Waals surface area contributed by atoms with E-state index in [1.165, 1.54) is 0 Å². The van der Waals surface area contributed by atoms with Gasteiger partial charge in [0.2, 0.25) is 0 Å². The van der Waals surface area contributed by atoms with E-state index in [2.05, 4.69) is 0 Å².